The Bertz CT molecular complexity index is 614. The molecular formula is C14H13FN2O2. The SMILES string of the molecule is Cc1cc([N+](=O)[O-])ccc1NCc1cccc(F)c1. The maximum absolute atomic E-state index is 13.0. The van der Waals surface area contributed by atoms with E-state index in [0.29, 0.717) is 6.54 Å². The fourth-order valence-electron chi connectivity index (χ4n) is 1.80. The molecule has 2 aromatic carbocycles. The third kappa shape index (κ3) is 3.28. The Morgan fingerprint density at radius 1 is 1.26 bits per heavy atom. The van der Waals surface area contributed by atoms with Crippen LogP contribution < -0.4 is 5.32 Å². The van der Waals surface area contributed by atoms with Crippen molar-refractivity contribution in [3.63, 3.8) is 0 Å². The highest BCUT2D eigenvalue weighted by Crippen LogP contribution is 2.21. The quantitative estimate of drug-likeness (QED) is 0.674. The van der Waals surface area contributed by atoms with Gasteiger partial charge in [-0.2, -0.15) is 0 Å². The summed E-state index contributed by atoms with van der Waals surface area (Å²) in [7, 11) is 0. The lowest BCUT2D eigenvalue weighted by Gasteiger charge is -2.09. The van der Waals surface area contributed by atoms with E-state index in [2.05, 4.69) is 5.32 Å². The molecule has 0 atom stereocenters. The van der Waals surface area contributed by atoms with E-state index in [4.69, 9.17) is 0 Å². The molecule has 0 aliphatic rings. The molecule has 0 heterocycles. The van der Waals surface area contributed by atoms with Crippen LogP contribution >= 0.6 is 0 Å². The van der Waals surface area contributed by atoms with Crippen LogP contribution in [-0.2, 0) is 6.54 Å². The average molecular weight is 260 g/mol. The molecule has 2 aromatic rings. The van der Waals surface area contributed by atoms with Gasteiger partial charge in [-0.3, -0.25) is 10.1 Å². The first-order valence-electron chi connectivity index (χ1n) is 5.79. The van der Waals surface area contributed by atoms with Gasteiger partial charge in [0, 0.05) is 24.4 Å². The first-order chi connectivity index (χ1) is 9.06. The second-order valence-corrected chi connectivity index (χ2v) is 4.24. The van der Waals surface area contributed by atoms with Crippen LogP contribution in [0.4, 0.5) is 15.8 Å². The predicted molar refractivity (Wildman–Crippen MR) is 71.6 cm³/mol. The number of halogens is 1. The molecule has 19 heavy (non-hydrogen) atoms. The first kappa shape index (κ1) is 13.0. The van der Waals surface area contributed by atoms with E-state index in [1.54, 1.807) is 19.1 Å². The lowest BCUT2D eigenvalue weighted by atomic mass is 10.1. The summed E-state index contributed by atoms with van der Waals surface area (Å²) in [6.45, 7) is 2.26. The van der Waals surface area contributed by atoms with E-state index in [1.807, 2.05) is 6.07 Å². The molecule has 0 fully saturated rings. The van der Waals surface area contributed by atoms with Crippen LogP contribution in [0.3, 0.4) is 0 Å². The molecule has 0 bridgehead atoms. The number of nitrogens with zero attached hydrogens (tertiary/aromatic N) is 1. The number of nitrogens with one attached hydrogen (secondary N) is 1. The van der Waals surface area contributed by atoms with Crippen molar-refractivity contribution in [3.05, 3.63) is 69.5 Å². The third-order valence-electron chi connectivity index (χ3n) is 2.79. The fraction of sp³-hybridized carbons (Fsp3) is 0.143. The molecule has 0 unspecified atom stereocenters. The number of anilines is 1. The van der Waals surface area contributed by atoms with E-state index < -0.39 is 4.92 Å². The molecule has 0 saturated heterocycles. The van der Waals surface area contributed by atoms with Crippen LogP contribution in [0, 0.1) is 22.9 Å². The monoisotopic (exact) mass is 260 g/mol. The topological polar surface area (TPSA) is 55.2 Å². The van der Waals surface area contributed by atoms with Crippen molar-refractivity contribution >= 4 is 11.4 Å². The minimum Gasteiger partial charge on any atom is -0.381 e. The first-order valence-corrected chi connectivity index (χ1v) is 5.79. The van der Waals surface area contributed by atoms with Crippen molar-refractivity contribution in [1.82, 2.24) is 0 Å². The highest BCUT2D eigenvalue weighted by molar-refractivity contribution is 5.55. The summed E-state index contributed by atoms with van der Waals surface area (Å²) in [6.07, 6.45) is 0. The lowest BCUT2D eigenvalue weighted by Crippen LogP contribution is -2.01. The molecule has 0 radical (unpaired) electrons. The second kappa shape index (κ2) is 5.48. The second-order valence-electron chi connectivity index (χ2n) is 4.24. The Balaban J connectivity index is 2.10. The van der Waals surface area contributed by atoms with Crippen LogP contribution in [0.2, 0.25) is 0 Å². The summed E-state index contributed by atoms with van der Waals surface area (Å²) in [4.78, 5) is 10.2. The zero-order chi connectivity index (χ0) is 13.8. The van der Waals surface area contributed by atoms with Gasteiger partial charge in [0.2, 0.25) is 0 Å². The minimum absolute atomic E-state index is 0.0637. The van der Waals surface area contributed by atoms with Gasteiger partial charge in [-0.25, -0.2) is 4.39 Å². The summed E-state index contributed by atoms with van der Waals surface area (Å²) in [5, 5.41) is 13.8. The van der Waals surface area contributed by atoms with Gasteiger partial charge in [-0.15, -0.1) is 0 Å². The van der Waals surface area contributed by atoms with Gasteiger partial charge in [0.25, 0.3) is 5.69 Å². The number of non-ortho nitro benzene ring substituents is 1. The zero-order valence-corrected chi connectivity index (χ0v) is 10.4. The van der Waals surface area contributed by atoms with Crippen LogP contribution in [0.25, 0.3) is 0 Å². The number of benzene rings is 2. The largest absolute Gasteiger partial charge is 0.381 e. The Labute approximate surface area is 110 Å². The van der Waals surface area contributed by atoms with Crippen molar-refractivity contribution in [2.45, 2.75) is 13.5 Å². The van der Waals surface area contributed by atoms with Gasteiger partial charge < -0.3 is 5.32 Å². The summed E-state index contributed by atoms with van der Waals surface area (Å²) in [5.41, 5.74) is 2.46. The molecule has 4 nitrogen and oxygen atoms in total. The van der Waals surface area contributed by atoms with Crippen LogP contribution in [0.1, 0.15) is 11.1 Å². The maximum Gasteiger partial charge on any atom is 0.269 e. The Morgan fingerprint density at radius 3 is 2.68 bits per heavy atom. The summed E-state index contributed by atoms with van der Waals surface area (Å²) in [5.74, 6) is -0.278. The van der Waals surface area contributed by atoms with Gasteiger partial charge in [0.1, 0.15) is 5.82 Å². The molecule has 0 aliphatic carbocycles. The van der Waals surface area contributed by atoms with Crippen molar-refractivity contribution in [2.24, 2.45) is 0 Å². The summed E-state index contributed by atoms with van der Waals surface area (Å²) in [6, 6.07) is 10.9. The molecule has 1 N–H and O–H groups in total. The van der Waals surface area contributed by atoms with Crippen LogP contribution in [-0.4, -0.2) is 4.92 Å². The molecule has 0 spiro atoms. The molecular weight excluding hydrogens is 247 g/mol. The predicted octanol–water partition coefficient (Wildman–Crippen LogP) is 3.65. The Hall–Kier alpha value is -2.43. The minimum atomic E-state index is -0.427. The number of hydrogen-bond acceptors (Lipinski definition) is 3. The number of aryl methyl sites for hydroxylation is 1. The zero-order valence-electron chi connectivity index (χ0n) is 10.4. The standard InChI is InChI=1S/C14H13FN2O2/c1-10-7-13(17(18)19)5-6-14(10)16-9-11-3-2-4-12(15)8-11/h2-8,16H,9H2,1H3. The highest BCUT2D eigenvalue weighted by atomic mass is 19.1. The average Bonchev–Trinajstić information content (AvgIpc) is 2.37. The third-order valence-corrected chi connectivity index (χ3v) is 2.79. The number of rotatable bonds is 4. The summed E-state index contributed by atoms with van der Waals surface area (Å²) >= 11 is 0. The van der Waals surface area contributed by atoms with Crippen molar-refractivity contribution in [2.75, 3.05) is 5.32 Å². The van der Waals surface area contributed by atoms with Gasteiger partial charge in [0.05, 0.1) is 4.92 Å². The molecule has 0 amide bonds. The molecule has 0 aliphatic heterocycles. The Morgan fingerprint density at radius 2 is 2.05 bits per heavy atom. The van der Waals surface area contributed by atoms with Crippen molar-refractivity contribution < 1.29 is 9.31 Å². The smallest absolute Gasteiger partial charge is 0.269 e. The molecule has 5 heteroatoms. The van der Waals surface area contributed by atoms with Crippen molar-refractivity contribution in [3.8, 4) is 0 Å². The fourth-order valence-corrected chi connectivity index (χ4v) is 1.80. The van der Waals surface area contributed by atoms with Crippen LogP contribution in [0.15, 0.2) is 42.5 Å². The Kier molecular flexibility index (Phi) is 3.75. The van der Waals surface area contributed by atoms with E-state index >= 15 is 0 Å². The van der Waals surface area contributed by atoms with Gasteiger partial charge in [-0.05, 0) is 36.2 Å². The molecule has 2 rings (SSSR count). The van der Waals surface area contributed by atoms with Gasteiger partial charge in [-0.1, -0.05) is 12.1 Å². The van der Waals surface area contributed by atoms with Crippen molar-refractivity contribution in [1.29, 1.82) is 0 Å². The molecule has 0 aromatic heterocycles. The molecule has 0 saturated carbocycles. The van der Waals surface area contributed by atoms with E-state index in [1.165, 1.54) is 24.3 Å². The van der Waals surface area contributed by atoms with E-state index in [-0.39, 0.29) is 11.5 Å². The number of hydrogen-bond donors (Lipinski definition) is 1. The normalized spacial score (nSPS) is 10.2. The number of nitro benzene ring substituents is 1. The van der Waals surface area contributed by atoms with E-state index in [0.717, 1.165) is 16.8 Å². The summed E-state index contributed by atoms with van der Waals surface area (Å²) < 4.78 is 13.0. The maximum atomic E-state index is 13.0. The highest BCUT2D eigenvalue weighted by Gasteiger charge is 2.07. The van der Waals surface area contributed by atoms with Crippen LogP contribution in [0.5, 0.6) is 0 Å². The number of nitro groups is 1. The van der Waals surface area contributed by atoms with E-state index in [9.17, 15) is 14.5 Å². The lowest BCUT2D eigenvalue weighted by molar-refractivity contribution is -0.384. The van der Waals surface area contributed by atoms with Gasteiger partial charge >= 0.3 is 0 Å². The molecule has 98 valence electrons. The van der Waals surface area contributed by atoms with Gasteiger partial charge in [0.15, 0.2) is 0 Å².